The van der Waals surface area contributed by atoms with E-state index in [1.807, 2.05) is 22.6 Å². The van der Waals surface area contributed by atoms with Gasteiger partial charge < -0.3 is 29.6 Å². The Hall–Kier alpha value is -4.56. The second-order valence-electron chi connectivity index (χ2n) is 17.1. The van der Waals surface area contributed by atoms with Crippen molar-refractivity contribution < 1.29 is 28.5 Å². The molecule has 10 rings (SSSR count). The molecule has 2 N–H and O–H groups in total. The predicted octanol–water partition coefficient (Wildman–Crippen LogP) is 5.00. The first-order valence-corrected chi connectivity index (χ1v) is 20.5. The summed E-state index contributed by atoms with van der Waals surface area (Å²) in [5, 5.41) is 27.6. The van der Waals surface area contributed by atoms with Crippen LogP contribution in [0.1, 0.15) is 78.5 Å². The van der Waals surface area contributed by atoms with E-state index < -0.39 is 6.17 Å². The highest BCUT2D eigenvalue weighted by molar-refractivity contribution is 5.98. The van der Waals surface area contributed by atoms with Crippen LogP contribution < -0.4 is 14.5 Å². The number of rotatable bonds is 7. The fourth-order valence-electron chi connectivity index (χ4n) is 10.9. The Morgan fingerprint density at radius 3 is 2.77 bits per heavy atom. The number of aromatic nitrogens is 4. The number of aryl methyl sites for hydroxylation is 2. The molecule has 12 nitrogen and oxygen atoms in total. The summed E-state index contributed by atoms with van der Waals surface area (Å²) in [4.78, 5) is 32.4. The number of carbonyl (C=O) groups is 1. The van der Waals surface area contributed by atoms with Gasteiger partial charge >= 0.3 is 6.01 Å². The highest BCUT2D eigenvalue weighted by Crippen LogP contribution is 2.42. The molecule has 0 spiro atoms. The normalized spacial score (nSPS) is 27.4. The molecular weight excluding hydrogens is 719 g/mol. The average molecular weight is 769 g/mol. The van der Waals surface area contributed by atoms with Gasteiger partial charge in [-0.2, -0.15) is 15.1 Å². The molecule has 1 amide bonds. The molecule has 4 aromatic rings. The summed E-state index contributed by atoms with van der Waals surface area (Å²) >= 11 is 0. The second kappa shape index (κ2) is 13.8. The molecule has 0 unspecified atom stereocenters. The number of aromatic hydroxyl groups is 1. The van der Waals surface area contributed by atoms with E-state index in [1.54, 1.807) is 18.2 Å². The first kappa shape index (κ1) is 35.8. The number of aliphatic hydroxyl groups is 1. The zero-order chi connectivity index (χ0) is 38.3. The van der Waals surface area contributed by atoms with Crippen LogP contribution in [0.3, 0.4) is 0 Å². The molecule has 6 aliphatic rings. The maximum Gasteiger partial charge on any atom is 0.318 e. The Bertz CT molecular complexity index is 2200. The Morgan fingerprint density at radius 2 is 1.91 bits per heavy atom. The van der Waals surface area contributed by atoms with Gasteiger partial charge in [0.05, 0.1) is 36.1 Å². The van der Waals surface area contributed by atoms with E-state index in [0.717, 1.165) is 77.9 Å². The highest BCUT2D eigenvalue weighted by Gasteiger charge is 2.49. The van der Waals surface area contributed by atoms with Gasteiger partial charge in [-0.1, -0.05) is 13.0 Å². The van der Waals surface area contributed by atoms with Crippen molar-refractivity contribution in [3.05, 3.63) is 64.4 Å². The smallest absolute Gasteiger partial charge is 0.318 e. The largest absolute Gasteiger partial charge is 0.508 e. The minimum absolute atomic E-state index is 0.0792. The molecule has 56 heavy (non-hydrogen) atoms. The summed E-state index contributed by atoms with van der Waals surface area (Å²) < 4.78 is 38.4. The number of alkyl halides is 1. The van der Waals surface area contributed by atoms with Gasteiger partial charge in [0.25, 0.3) is 5.91 Å². The number of nitrogens with zero attached hydrogens (tertiary/aromatic N) is 8. The molecule has 2 bridgehead atoms. The lowest BCUT2D eigenvalue weighted by Gasteiger charge is -2.35. The third-order valence-electron chi connectivity index (χ3n) is 13.6. The Labute approximate surface area is 325 Å². The van der Waals surface area contributed by atoms with E-state index in [4.69, 9.17) is 19.8 Å². The number of likely N-dealkylation sites (tertiary alicyclic amines) is 1. The lowest BCUT2D eigenvalue weighted by atomic mass is 9.95. The summed E-state index contributed by atoms with van der Waals surface area (Å²) in [5.74, 6) is 1.03. The third-order valence-corrected chi connectivity index (χ3v) is 13.6. The summed E-state index contributed by atoms with van der Waals surface area (Å²) in [6, 6.07) is 8.76. The van der Waals surface area contributed by atoms with Gasteiger partial charge in [-0.05, 0) is 86.6 Å². The first-order chi connectivity index (χ1) is 27.1. The molecule has 3 saturated heterocycles. The van der Waals surface area contributed by atoms with E-state index in [2.05, 4.69) is 14.7 Å². The zero-order valence-corrected chi connectivity index (χ0v) is 32.0. The van der Waals surface area contributed by atoms with Crippen molar-refractivity contribution in [1.29, 1.82) is 0 Å². The summed E-state index contributed by atoms with van der Waals surface area (Å²) in [6.07, 6.45) is 4.75. The van der Waals surface area contributed by atoms with Gasteiger partial charge in [0, 0.05) is 74.3 Å². The Morgan fingerprint density at radius 1 is 1.02 bits per heavy atom. The molecule has 2 aromatic heterocycles. The van der Waals surface area contributed by atoms with Gasteiger partial charge in [-0.15, -0.1) is 0 Å². The number of aliphatic hydroxyl groups excluding tert-OH is 1. The molecule has 2 aromatic carbocycles. The van der Waals surface area contributed by atoms with E-state index in [1.165, 1.54) is 6.07 Å². The van der Waals surface area contributed by atoms with Gasteiger partial charge in [0.1, 0.15) is 30.2 Å². The number of phenolic OH excluding ortho intramolecular Hbond substituents is 1. The fourth-order valence-corrected chi connectivity index (χ4v) is 10.9. The van der Waals surface area contributed by atoms with Crippen molar-refractivity contribution in [3.8, 4) is 11.8 Å². The van der Waals surface area contributed by atoms with E-state index >= 15 is 4.39 Å². The van der Waals surface area contributed by atoms with Crippen molar-refractivity contribution in [3.63, 3.8) is 0 Å². The summed E-state index contributed by atoms with van der Waals surface area (Å²) in [7, 11) is 0. The minimum Gasteiger partial charge on any atom is -0.508 e. The topological polar surface area (TPSA) is 123 Å². The molecule has 1 aliphatic carbocycles. The number of hydrogen-bond acceptors (Lipinski definition) is 10. The molecule has 5 aliphatic heterocycles. The monoisotopic (exact) mass is 768 g/mol. The third kappa shape index (κ3) is 6.14. The molecule has 0 radical (unpaired) electrons. The van der Waals surface area contributed by atoms with E-state index in [-0.39, 0.29) is 41.0 Å². The molecule has 5 atom stereocenters. The number of carbonyl (C=O) groups excluding carboxylic acids is 1. The van der Waals surface area contributed by atoms with Crippen molar-refractivity contribution in [1.82, 2.24) is 29.5 Å². The number of halogens is 2. The maximum atomic E-state index is 15.2. The first-order valence-electron chi connectivity index (χ1n) is 20.5. The van der Waals surface area contributed by atoms with Crippen LogP contribution in [0.2, 0.25) is 0 Å². The van der Waals surface area contributed by atoms with Gasteiger partial charge in [0.15, 0.2) is 5.69 Å². The summed E-state index contributed by atoms with van der Waals surface area (Å²) in [6.45, 7) is 7.64. The lowest BCUT2D eigenvalue weighted by molar-refractivity contribution is 0.0598. The predicted molar refractivity (Wildman–Crippen MR) is 206 cm³/mol. The standard InChI is InChI=1S/C42H50F2N8O4/c1-2-31-33(44)6-5-26-15-30(53)17-36(38(26)31)48-12-7-32-35(23-48)45-41(56-24-42-8-3-10-51(42)21-28(43)18-42)46-39(32)49-9-4-11-52-29(22-49)16-34(47-52)40(55)50-19-25-13-27(20-50)37(54)14-25/h5-6,15-17,25,27-28,37,53-54H,2-4,7-14,18-24H2,1H3/t25-,27-,28-,37-,42+/m1/s1. The van der Waals surface area contributed by atoms with Crippen molar-refractivity contribution in [2.45, 2.75) is 95.7 Å². The van der Waals surface area contributed by atoms with Crippen LogP contribution in [0.15, 0.2) is 30.3 Å². The number of benzene rings is 2. The molecule has 296 valence electrons. The number of anilines is 2. The molecule has 7 heterocycles. The van der Waals surface area contributed by atoms with Crippen molar-refractivity contribution in [2.75, 3.05) is 55.7 Å². The van der Waals surface area contributed by atoms with Crippen LogP contribution in [0.25, 0.3) is 10.8 Å². The number of fused-ring (bicyclic) bond motifs is 6. The van der Waals surface area contributed by atoms with Gasteiger partial charge in [-0.3, -0.25) is 14.4 Å². The van der Waals surface area contributed by atoms with Crippen LogP contribution in [-0.2, 0) is 32.5 Å². The average Bonchev–Trinajstić information content (AvgIpc) is 3.89. The number of phenols is 1. The Balaban J connectivity index is 0.982. The highest BCUT2D eigenvalue weighted by atomic mass is 19.1. The maximum absolute atomic E-state index is 15.2. The van der Waals surface area contributed by atoms with Crippen LogP contribution >= 0.6 is 0 Å². The fraction of sp³-hybridized carbons (Fsp3) is 0.571. The summed E-state index contributed by atoms with van der Waals surface area (Å²) in [5.41, 5.74) is 4.19. The van der Waals surface area contributed by atoms with Crippen LogP contribution in [0.5, 0.6) is 11.8 Å². The quantitative estimate of drug-likeness (QED) is 0.266. The SMILES string of the molecule is CCc1c(F)ccc2cc(O)cc(N3CCc4c(nc(OC[C@@]56CCCN5C[C@H](F)C6)nc4N4CCCn5nc(C(=O)N6C[C@@H]7C[C@H](C6)[C@H](O)C7)cc5C4)C3)c12. The zero-order valence-electron chi connectivity index (χ0n) is 32.0. The van der Waals surface area contributed by atoms with Crippen LogP contribution in [0, 0.1) is 17.7 Å². The lowest BCUT2D eigenvalue weighted by Crippen LogP contribution is -2.43. The number of hydrogen-bond donors (Lipinski definition) is 2. The minimum atomic E-state index is -0.877. The molecular formula is C42H50F2N8O4. The van der Waals surface area contributed by atoms with E-state index in [9.17, 15) is 19.4 Å². The van der Waals surface area contributed by atoms with Crippen molar-refractivity contribution in [2.24, 2.45) is 11.8 Å². The number of amides is 1. The number of piperidine rings is 1. The van der Waals surface area contributed by atoms with Gasteiger partial charge in [0.2, 0.25) is 0 Å². The van der Waals surface area contributed by atoms with Crippen LogP contribution in [0.4, 0.5) is 20.3 Å². The molecule has 1 saturated carbocycles. The van der Waals surface area contributed by atoms with Crippen molar-refractivity contribution >= 4 is 28.2 Å². The molecule has 4 fully saturated rings. The van der Waals surface area contributed by atoms with E-state index in [0.29, 0.717) is 95.4 Å². The number of ether oxygens (including phenoxy) is 1. The Kier molecular flexibility index (Phi) is 8.84. The van der Waals surface area contributed by atoms with Gasteiger partial charge in [-0.25, -0.2) is 8.78 Å². The second-order valence-corrected chi connectivity index (χ2v) is 17.1. The van der Waals surface area contributed by atoms with Crippen LogP contribution in [-0.4, -0.2) is 109 Å². The molecule has 14 heteroatoms.